The van der Waals surface area contributed by atoms with Gasteiger partial charge in [-0.3, -0.25) is 0 Å². The monoisotopic (exact) mass is 350 g/mol. The molecule has 0 fully saturated rings. The number of ether oxygens (including phenoxy) is 1. The predicted molar refractivity (Wildman–Crippen MR) is 86.5 cm³/mol. The Hall–Kier alpha value is -1.59. The summed E-state index contributed by atoms with van der Waals surface area (Å²) >= 11 is 3.44. The van der Waals surface area contributed by atoms with Crippen LogP contribution in [0.25, 0.3) is 0 Å². The normalized spacial score (nSPS) is 12.1. The van der Waals surface area contributed by atoms with Gasteiger partial charge < -0.3 is 15.2 Å². The van der Waals surface area contributed by atoms with Crippen LogP contribution in [0.1, 0.15) is 30.5 Å². The number of nitrogens with zero attached hydrogens (tertiary/aromatic N) is 1. The van der Waals surface area contributed by atoms with E-state index in [1.54, 1.807) is 19.4 Å². The van der Waals surface area contributed by atoms with E-state index in [1.807, 2.05) is 24.3 Å². The largest absolute Gasteiger partial charge is 0.508 e. The molecule has 1 heterocycles. The number of benzene rings is 1. The van der Waals surface area contributed by atoms with Crippen molar-refractivity contribution in [3.63, 3.8) is 0 Å². The molecule has 0 saturated carbocycles. The van der Waals surface area contributed by atoms with Crippen LogP contribution in [0.5, 0.6) is 11.6 Å². The number of aromatic nitrogens is 1. The average molecular weight is 351 g/mol. The second-order valence-corrected chi connectivity index (χ2v) is 5.67. The molecule has 1 aromatic carbocycles. The van der Waals surface area contributed by atoms with Crippen LogP contribution in [0.15, 0.2) is 41.0 Å². The molecular weight excluding hydrogens is 332 g/mol. The minimum absolute atomic E-state index is 0.0876. The van der Waals surface area contributed by atoms with Crippen LogP contribution in [0, 0.1) is 0 Å². The molecule has 1 unspecified atom stereocenters. The van der Waals surface area contributed by atoms with Crippen LogP contribution in [0.4, 0.5) is 0 Å². The highest BCUT2D eigenvalue weighted by Gasteiger charge is 2.13. The molecule has 0 saturated heterocycles. The number of methoxy groups -OCH3 is 1. The lowest BCUT2D eigenvalue weighted by Gasteiger charge is -2.19. The second kappa shape index (κ2) is 7.43. The van der Waals surface area contributed by atoms with E-state index in [9.17, 15) is 5.11 Å². The summed E-state index contributed by atoms with van der Waals surface area (Å²) in [5.74, 6) is 0.917. The third kappa shape index (κ3) is 4.19. The van der Waals surface area contributed by atoms with Gasteiger partial charge in [0.2, 0.25) is 5.88 Å². The molecule has 21 heavy (non-hydrogen) atoms. The van der Waals surface area contributed by atoms with Gasteiger partial charge in [0, 0.05) is 34.9 Å². The first-order valence-electron chi connectivity index (χ1n) is 6.84. The summed E-state index contributed by atoms with van der Waals surface area (Å²) in [5.41, 5.74) is 1.97. The summed E-state index contributed by atoms with van der Waals surface area (Å²) in [5, 5.41) is 13.5. The molecule has 2 aromatic rings. The zero-order chi connectivity index (χ0) is 15.2. The van der Waals surface area contributed by atoms with E-state index < -0.39 is 0 Å². The summed E-state index contributed by atoms with van der Waals surface area (Å²) in [7, 11) is 1.60. The third-order valence-electron chi connectivity index (χ3n) is 3.33. The zero-order valence-electron chi connectivity index (χ0n) is 12.1. The highest BCUT2D eigenvalue weighted by Crippen LogP contribution is 2.29. The summed E-state index contributed by atoms with van der Waals surface area (Å²) < 4.78 is 6.00. The van der Waals surface area contributed by atoms with Gasteiger partial charge in [0.05, 0.1) is 7.11 Å². The minimum atomic E-state index is 0.0876. The van der Waals surface area contributed by atoms with Crippen molar-refractivity contribution in [1.29, 1.82) is 0 Å². The molecule has 5 heteroatoms. The van der Waals surface area contributed by atoms with Gasteiger partial charge >= 0.3 is 0 Å². The highest BCUT2D eigenvalue weighted by atomic mass is 79.9. The molecule has 112 valence electrons. The number of hydrogen-bond donors (Lipinski definition) is 2. The fourth-order valence-corrected chi connectivity index (χ4v) is 2.53. The Morgan fingerprint density at radius 1 is 1.33 bits per heavy atom. The molecule has 0 amide bonds. The average Bonchev–Trinajstić information content (AvgIpc) is 2.51. The second-order valence-electron chi connectivity index (χ2n) is 4.75. The van der Waals surface area contributed by atoms with Gasteiger partial charge in [-0.25, -0.2) is 4.98 Å². The van der Waals surface area contributed by atoms with E-state index in [-0.39, 0.29) is 6.04 Å². The van der Waals surface area contributed by atoms with Crippen LogP contribution in [0.3, 0.4) is 0 Å². The van der Waals surface area contributed by atoms with Crippen LogP contribution in [-0.2, 0) is 6.54 Å². The fraction of sp³-hybridized carbons (Fsp3) is 0.312. The highest BCUT2D eigenvalue weighted by molar-refractivity contribution is 9.10. The van der Waals surface area contributed by atoms with Crippen molar-refractivity contribution in [2.24, 2.45) is 0 Å². The van der Waals surface area contributed by atoms with Crippen molar-refractivity contribution in [1.82, 2.24) is 10.3 Å². The number of halogens is 1. The molecule has 0 spiro atoms. The molecule has 1 aromatic heterocycles. The Bertz CT molecular complexity index is 587. The maximum absolute atomic E-state index is 10.0. The number of hydrogen-bond acceptors (Lipinski definition) is 4. The molecule has 4 nitrogen and oxygen atoms in total. The first kappa shape index (κ1) is 15.8. The predicted octanol–water partition coefficient (Wildman–Crippen LogP) is 3.80. The number of aromatic hydroxyl groups is 1. The summed E-state index contributed by atoms with van der Waals surface area (Å²) in [4.78, 5) is 4.19. The van der Waals surface area contributed by atoms with E-state index in [4.69, 9.17) is 4.74 Å². The first-order chi connectivity index (χ1) is 10.1. The Labute approximate surface area is 133 Å². The van der Waals surface area contributed by atoms with Crippen molar-refractivity contribution in [3.8, 4) is 11.6 Å². The van der Waals surface area contributed by atoms with E-state index >= 15 is 0 Å². The van der Waals surface area contributed by atoms with Crippen molar-refractivity contribution < 1.29 is 9.84 Å². The number of phenols is 1. The lowest BCUT2D eigenvalue weighted by Crippen LogP contribution is -2.20. The van der Waals surface area contributed by atoms with Crippen LogP contribution in [0.2, 0.25) is 0 Å². The molecule has 0 radical (unpaired) electrons. The maximum atomic E-state index is 10.0. The molecule has 0 aliphatic rings. The number of nitrogens with one attached hydrogen (secondary N) is 1. The van der Waals surface area contributed by atoms with E-state index in [2.05, 4.69) is 33.2 Å². The smallest absolute Gasteiger partial charge is 0.212 e. The lowest BCUT2D eigenvalue weighted by atomic mass is 10.0. The molecule has 2 N–H and O–H groups in total. The van der Waals surface area contributed by atoms with Crippen LogP contribution >= 0.6 is 15.9 Å². The number of pyridine rings is 1. The van der Waals surface area contributed by atoms with Crippen LogP contribution in [-0.4, -0.2) is 17.2 Å². The first-order valence-corrected chi connectivity index (χ1v) is 7.64. The Balaban J connectivity index is 2.06. The fourth-order valence-electron chi connectivity index (χ4n) is 2.16. The quantitative estimate of drug-likeness (QED) is 0.831. The summed E-state index contributed by atoms with van der Waals surface area (Å²) in [6.07, 6.45) is 2.67. The van der Waals surface area contributed by atoms with Gasteiger partial charge in [-0.2, -0.15) is 0 Å². The minimum Gasteiger partial charge on any atom is -0.508 e. The molecule has 0 bridgehead atoms. The standard InChI is InChI=1S/C16H19BrN2O2/c1-3-14(13-8-12(17)5-6-15(13)20)18-9-11-4-7-16(21-2)19-10-11/h4-8,10,14,18,20H,3,9H2,1-2H3. The third-order valence-corrected chi connectivity index (χ3v) is 3.83. The molecule has 0 aliphatic heterocycles. The molecule has 1 atom stereocenters. The van der Waals surface area contributed by atoms with E-state index in [0.29, 0.717) is 18.2 Å². The molecule has 0 aliphatic carbocycles. The topological polar surface area (TPSA) is 54.4 Å². The summed E-state index contributed by atoms with van der Waals surface area (Å²) in [6, 6.07) is 9.39. The Morgan fingerprint density at radius 2 is 2.14 bits per heavy atom. The number of phenolic OH excluding ortho intramolecular Hbond substituents is 1. The van der Waals surface area contributed by atoms with Gasteiger partial charge in [-0.05, 0) is 30.2 Å². The van der Waals surface area contributed by atoms with Crippen LogP contribution < -0.4 is 10.1 Å². The van der Waals surface area contributed by atoms with Crippen molar-refractivity contribution in [2.75, 3.05) is 7.11 Å². The van der Waals surface area contributed by atoms with Crippen molar-refractivity contribution in [3.05, 3.63) is 52.1 Å². The van der Waals surface area contributed by atoms with Gasteiger partial charge in [-0.1, -0.05) is 28.9 Å². The number of rotatable bonds is 6. The lowest BCUT2D eigenvalue weighted by molar-refractivity contribution is 0.397. The SMILES string of the molecule is CCC(NCc1ccc(OC)nc1)c1cc(Br)ccc1O. The Morgan fingerprint density at radius 3 is 2.76 bits per heavy atom. The van der Waals surface area contributed by atoms with Crippen molar-refractivity contribution in [2.45, 2.75) is 25.9 Å². The van der Waals surface area contributed by atoms with Gasteiger partial charge in [0.25, 0.3) is 0 Å². The molecule has 2 rings (SSSR count). The zero-order valence-corrected chi connectivity index (χ0v) is 13.7. The van der Waals surface area contributed by atoms with Gasteiger partial charge in [0.15, 0.2) is 0 Å². The molecular formula is C16H19BrN2O2. The van der Waals surface area contributed by atoms with Gasteiger partial charge in [0.1, 0.15) is 5.75 Å². The Kier molecular flexibility index (Phi) is 5.59. The van der Waals surface area contributed by atoms with E-state index in [1.165, 1.54) is 0 Å². The maximum Gasteiger partial charge on any atom is 0.212 e. The van der Waals surface area contributed by atoms with Gasteiger partial charge in [-0.15, -0.1) is 0 Å². The van der Waals surface area contributed by atoms with E-state index in [0.717, 1.165) is 22.0 Å². The van der Waals surface area contributed by atoms with Crippen molar-refractivity contribution >= 4 is 15.9 Å². The summed E-state index contributed by atoms with van der Waals surface area (Å²) in [6.45, 7) is 2.77.